The molecule has 0 aromatic rings. The summed E-state index contributed by atoms with van der Waals surface area (Å²) in [5.41, 5.74) is 0. The molecule has 1 heterocycles. The van der Waals surface area contributed by atoms with Gasteiger partial charge in [-0.1, -0.05) is 0 Å². The molecule has 2 atom stereocenters. The summed E-state index contributed by atoms with van der Waals surface area (Å²) in [4.78, 5) is 11.9. The van der Waals surface area contributed by atoms with Crippen LogP contribution in [0.1, 0.15) is 12.8 Å². The fourth-order valence-corrected chi connectivity index (χ4v) is 1.82. The molecule has 0 unspecified atom stereocenters. The number of β-amino-alcohol motifs (C(OH)–C–C–N with tert-alkyl or cyclic N) is 1. The number of carboxylic acid groups (broad SMARTS) is 1. The van der Waals surface area contributed by atoms with Crippen LogP contribution in [0.5, 0.6) is 0 Å². The molecule has 1 amide bonds. The fourth-order valence-electron chi connectivity index (χ4n) is 1.82. The quantitative estimate of drug-likeness (QED) is 0.585. The average Bonchev–Trinajstić information content (AvgIpc) is 2.87. The van der Waals surface area contributed by atoms with Gasteiger partial charge in [0.2, 0.25) is 0 Å². The van der Waals surface area contributed by atoms with Gasteiger partial charge >= 0.3 is 6.09 Å². The molecule has 0 aromatic carbocycles. The second-order valence-corrected chi connectivity index (χ2v) is 4.20. The van der Waals surface area contributed by atoms with Crippen LogP contribution < -0.4 is 5.32 Å². The molecule has 80 valence electrons. The molecule has 0 radical (unpaired) electrons. The van der Waals surface area contributed by atoms with Crippen LogP contribution in [0.4, 0.5) is 4.79 Å². The van der Waals surface area contributed by atoms with Crippen molar-refractivity contribution in [2.45, 2.75) is 25.0 Å². The van der Waals surface area contributed by atoms with Gasteiger partial charge in [-0.2, -0.15) is 0 Å². The number of hydrogen-bond acceptors (Lipinski definition) is 3. The Morgan fingerprint density at radius 2 is 2.14 bits per heavy atom. The SMILES string of the molecule is O=C(O)N1C[C@@H](CNC2CC2)[C@@H](O)C1. The number of rotatable bonds is 3. The zero-order valence-corrected chi connectivity index (χ0v) is 8.02. The second-order valence-electron chi connectivity index (χ2n) is 4.20. The zero-order chi connectivity index (χ0) is 10.1. The maximum Gasteiger partial charge on any atom is 0.407 e. The van der Waals surface area contributed by atoms with Gasteiger partial charge in [0.15, 0.2) is 0 Å². The number of likely N-dealkylation sites (tertiary alicyclic amines) is 1. The molecule has 2 aliphatic rings. The Bertz CT molecular complexity index is 230. The topological polar surface area (TPSA) is 72.8 Å². The minimum absolute atomic E-state index is 0.0618. The molecule has 1 saturated heterocycles. The highest BCUT2D eigenvalue weighted by Gasteiger charge is 2.34. The lowest BCUT2D eigenvalue weighted by Gasteiger charge is -2.13. The van der Waals surface area contributed by atoms with E-state index in [-0.39, 0.29) is 12.5 Å². The number of hydrogen-bond donors (Lipinski definition) is 3. The molecular formula is C9H16N2O3. The van der Waals surface area contributed by atoms with Crippen LogP contribution in [-0.2, 0) is 0 Å². The molecule has 3 N–H and O–H groups in total. The van der Waals surface area contributed by atoms with Gasteiger partial charge in [0.25, 0.3) is 0 Å². The molecule has 5 heteroatoms. The van der Waals surface area contributed by atoms with E-state index in [1.165, 1.54) is 17.7 Å². The lowest BCUT2D eigenvalue weighted by molar-refractivity contribution is 0.131. The van der Waals surface area contributed by atoms with E-state index in [0.717, 1.165) is 6.54 Å². The van der Waals surface area contributed by atoms with Gasteiger partial charge < -0.3 is 20.4 Å². The highest BCUT2D eigenvalue weighted by molar-refractivity contribution is 5.65. The lowest BCUT2D eigenvalue weighted by atomic mass is 10.1. The normalized spacial score (nSPS) is 32.2. The van der Waals surface area contributed by atoms with E-state index in [1.807, 2.05) is 0 Å². The number of carbonyl (C=O) groups is 1. The Kier molecular flexibility index (Phi) is 2.60. The van der Waals surface area contributed by atoms with Gasteiger partial charge in [-0.05, 0) is 12.8 Å². The number of amides is 1. The zero-order valence-electron chi connectivity index (χ0n) is 8.02. The Balaban J connectivity index is 1.77. The van der Waals surface area contributed by atoms with Crippen LogP contribution in [-0.4, -0.2) is 53.0 Å². The van der Waals surface area contributed by atoms with Crippen LogP contribution in [0.3, 0.4) is 0 Å². The Labute approximate surface area is 82.7 Å². The first kappa shape index (κ1) is 9.73. The van der Waals surface area contributed by atoms with Gasteiger partial charge in [-0.25, -0.2) is 4.79 Å². The van der Waals surface area contributed by atoms with Gasteiger partial charge in [0.05, 0.1) is 12.6 Å². The van der Waals surface area contributed by atoms with Crippen molar-refractivity contribution >= 4 is 6.09 Å². The monoisotopic (exact) mass is 200 g/mol. The van der Waals surface area contributed by atoms with Crippen molar-refractivity contribution in [3.8, 4) is 0 Å². The predicted molar refractivity (Wildman–Crippen MR) is 50.1 cm³/mol. The summed E-state index contributed by atoms with van der Waals surface area (Å²) in [6.45, 7) is 1.44. The summed E-state index contributed by atoms with van der Waals surface area (Å²) in [5.74, 6) is 0.0618. The smallest absolute Gasteiger partial charge is 0.407 e. The standard InChI is InChI=1S/C9H16N2O3/c12-8-5-11(9(13)14)4-6(8)3-10-7-1-2-7/h6-8,10,12H,1-5H2,(H,13,14)/t6-,8+/m1/s1. The molecule has 1 aliphatic carbocycles. The minimum Gasteiger partial charge on any atom is -0.465 e. The van der Waals surface area contributed by atoms with Gasteiger partial charge in [0.1, 0.15) is 0 Å². The fraction of sp³-hybridized carbons (Fsp3) is 0.889. The first-order chi connectivity index (χ1) is 6.66. The second kappa shape index (κ2) is 3.74. The summed E-state index contributed by atoms with van der Waals surface area (Å²) in [6, 6.07) is 0.612. The molecule has 14 heavy (non-hydrogen) atoms. The van der Waals surface area contributed by atoms with E-state index in [1.54, 1.807) is 0 Å². The molecule has 1 saturated carbocycles. The molecule has 2 fully saturated rings. The Hall–Kier alpha value is -0.810. The van der Waals surface area contributed by atoms with Crippen molar-refractivity contribution in [3.63, 3.8) is 0 Å². The van der Waals surface area contributed by atoms with Crippen LogP contribution in [0.2, 0.25) is 0 Å². The molecular weight excluding hydrogens is 184 g/mol. The molecule has 1 aliphatic heterocycles. The van der Waals surface area contributed by atoms with E-state index < -0.39 is 12.2 Å². The van der Waals surface area contributed by atoms with Crippen LogP contribution in [0, 0.1) is 5.92 Å². The largest absolute Gasteiger partial charge is 0.465 e. The van der Waals surface area contributed by atoms with E-state index in [9.17, 15) is 9.90 Å². The molecule has 5 nitrogen and oxygen atoms in total. The maximum absolute atomic E-state index is 10.6. The summed E-state index contributed by atoms with van der Waals surface area (Å²) >= 11 is 0. The number of aliphatic hydroxyl groups is 1. The van der Waals surface area contributed by atoms with Crippen molar-refractivity contribution in [1.29, 1.82) is 0 Å². The summed E-state index contributed by atoms with van der Waals surface area (Å²) in [5, 5.41) is 21.6. The van der Waals surface area contributed by atoms with Crippen LogP contribution in [0.25, 0.3) is 0 Å². The predicted octanol–water partition coefficient (Wildman–Crippen LogP) is -0.291. The van der Waals surface area contributed by atoms with Crippen molar-refractivity contribution in [2.24, 2.45) is 5.92 Å². The van der Waals surface area contributed by atoms with Crippen LogP contribution in [0.15, 0.2) is 0 Å². The van der Waals surface area contributed by atoms with E-state index in [0.29, 0.717) is 12.6 Å². The number of aliphatic hydroxyl groups excluding tert-OH is 1. The lowest BCUT2D eigenvalue weighted by Crippen LogP contribution is -2.31. The maximum atomic E-state index is 10.6. The molecule has 0 aromatic heterocycles. The minimum atomic E-state index is -0.932. The number of nitrogens with zero attached hydrogens (tertiary/aromatic N) is 1. The van der Waals surface area contributed by atoms with Gasteiger partial charge in [-0.15, -0.1) is 0 Å². The Morgan fingerprint density at radius 1 is 1.43 bits per heavy atom. The Morgan fingerprint density at radius 3 is 2.64 bits per heavy atom. The third kappa shape index (κ3) is 2.16. The van der Waals surface area contributed by atoms with Crippen molar-refractivity contribution in [1.82, 2.24) is 10.2 Å². The third-order valence-electron chi connectivity index (χ3n) is 2.92. The summed E-state index contributed by atoms with van der Waals surface area (Å²) in [7, 11) is 0. The highest BCUT2D eigenvalue weighted by atomic mass is 16.4. The van der Waals surface area contributed by atoms with Crippen LogP contribution >= 0.6 is 0 Å². The van der Waals surface area contributed by atoms with Gasteiger partial charge in [0, 0.05) is 25.0 Å². The van der Waals surface area contributed by atoms with Gasteiger partial charge in [-0.3, -0.25) is 0 Å². The average molecular weight is 200 g/mol. The van der Waals surface area contributed by atoms with E-state index >= 15 is 0 Å². The number of nitrogens with one attached hydrogen (secondary N) is 1. The molecule has 2 rings (SSSR count). The first-order valence-electron chi connectivity index (χ1n) is 5.06. The van der Waals surface area contributed by atoms with E-state index in [4.69, 9.17) is 5.11 Å². The highest BCUT2D eigenvalue weighted by Crippen LogP contribution is 2.21. The van der Waals surface area contributed by atoms with E-state index in [2.05, 4.69) is 5.32 Å². The van der Waals surface area contributed by atoms with Crippen molar-refractivity contribution < 1.29 is 15.0 Å². The van der Waals surface area contributed by atoms with Crippen molar-refractivity contribution in [2.75, 3.05) is 19.6 Å². The molecule has 0 bridgehead atoms. The van der Waals surface area contributed by atoms with Crippen molar-refractivity contribution in [3.05, 3.63) is 0 Å². The third-order valence-corrected chi connectivity index (χ3v) is 2.92. The molecule has 0 spiro atoms. The first-order valence-corrected chi connectivity index (χ1v) is 5.06. The summed E-state index contributed by atoms with van der Waals surface area (Å²) < 4.78 is 0. The summed E-state index contributed by atoms with van der Waals surface area (Å²) in [6.07, 6.45) is 0.993.